The molecule has 2 heterocycles. The molecule has 3 aromatic carbocycles. The van der Waals surface area contributed by atoms with Gasteiger partial charge < -0.3 is 19.9 Å². The number of benzene rings is 3. The quantitative estimate of drug-likeness (QED) is 0.268. The van der Waals surface area contributed by atoms with Crippen molar-refractivity contribution in [1.29, 1.82) is 0 Å². The molecule has 0 spiro atoms. The van der Waals surface area contributed by atoms with Crippen LogP contribution in [-0.2, 0) is 28.9 Å². The first-order valence-electron chi connectivity index (χ1n) is 15.2. The molecule has 222 valence electrons. The predicted octanol–water partition coefficient (Wildman–Crippen LogP) is 6.67. The van der Waals surface area contributed by atoms with Crippen molar-refractivity contribution >= 4 is 17.6 Å². The smallest absolute Gasteiger partial charge is 0.309 e. The number of rotatable bonds is 11. The minimum atomic E-state index is -0.871. The number of unbranched alkanes of at least 4 members (excludes halogenated alkanes) is 1. The minimum absolute atomic E-state index is 0.0906. The Morgan fingerprint density at radius 3 is 2.33 bits per heavy atom. The maximum absolute atomic E-state index is 13.7. The van der Waals surface area contributed by atoms with Crippen LogP contribution in [0.15, 0.2) is 54.6 Å². The van der Waals surface area contributed by atoms with Gasteiger partial charge >= 0.3 is 5.97 Å². The topological polar surface area (TPSA) is 88.1 Å². The monoisotopic (exact) mass is 570 g/mol. The van der Waals surface area contributed by atoms with Crippen LogP contribution < -0.4 is 14.8 Å². The molecule has 0 saturated carbocycles. The lowest BCUT2D eigenvalue weighted by Gasteiger charge is -2.27. The number of anilines is 1. The summed E-state index contributed by atoms with van der Waals surface area (Å²) in [4.78, 5) is 28.7. The van der Waals surface area contributed by atoms with Crippen LogP contribution >= 0.6 is 0 Å². The van der Waals surface area contributed by atoms with Crippen molar-refractivity contribution in [2.24, 2.45) is 5.92 Å². The third kappa shape index (κ3) is 5.88. The van der Waals surface area contributed by atoms with Gasteiger partial charge in [0.05, 0.1) is 12.5 Å². The van der Waals surface area contributed by atoms with E-state index in [0.717, 1.165) is 65.6 Å². The molecule has 2 aliphatic rings. The summed E-state index contributed by atoms with van der Waals surface area (Å²) < 4.78 is 11.3. The average molecular weight is 571 g/mol. The van der Waals surface area contributed by atoms with E-state index >= 15 is 0 Å². The Morgan fingerprint density at radius 2 is 1.69 bits per heavy atom. The van der Waals surface area contributed by atoms with Crippen molar-refractivity contribution in [3.63, 3.8) is 0 Å². The molecule has 5 rings (SSSR count). The fourth-order valence-electron chi connectivity index (χ4n) is 6.66. The van der Waals surface area contributed by atoms with Crippen molar-refractivity contribution in [2.45, 2.75) is 71.8 Å². The number of aryl methyl sites for hydroxylation is 3. The number of hydrogen-bond acceptors (Lipinski definition) is 5. The van der Waals surface area contributed by atoms with E-state index in [-0.39, 0.29) is 25.2 Å². The molecule has 2 N–H and O–H groups in total. The van der Waals surface area contributed by atoms with Crippen LogP contribution in [0.5, 0.6) is 11.5 Å². The van der Waals surface area contributed by atoms with Crippen LogP contribution in [0, 0.1) is 12.8 Å². The van der Waals surface area contributed by atoms with Gasteiger partial charge in [0.15, 0.2) is 11.5 Å². The summed E-state index contributed by atoms with van der Waals surface area (Å²) in [6.07, 6.45) is 4.84. The highest BCUT2D eigenvalue weighted by atomic mass is 16.7. The van der Waals surface area contributed by atoms with Crippen LogP contribution in [0.3, 0.4) is 0 Å². The van der Waals surface area contributed by atoms with Crippen molar-refractivity contribution in [3.05, 3.63) is 88.0 Å². The zero-order valence-corrected chi connectivity index (χ0v) is 25.1. The first-order chi connectivity index (χ1) is 20.4. The molecule has 1 unspecified atom stereocenters. The fourth-order valence-corrected chi connectivity index (χ4v) is 6.66. The van der Waals surface area contributed by atoms with Gasteiger partial charge in [-0.15, -0.1) is 0 Å². The lowest BCUT2D eigenvalue weighted by molar-refractivity contribution is -0.143. The molecule has 2 aliphatic heterocycles. The van der Waals surface area contributed by atoms with Crippen LogP contribution in [0.25, 0.3) is 0 Å². The Morgan fingerprint density at radius 1 is 0.976 bits per heavy atom. The zero-order chi connectivity index (χ0) is 29.8. The average Bonchev–Trinajstić information content (AvgIpc) is 3.62. The molecular weight excluding hydrogens is 528 g/mol. The van der Waals surface area contributed by atoms with Gasteiger partial charge in [-0.25, -0.2) is 0 Å². The number of aliphatic carboxylic acids is 1. The number of amides is 1. The van der Waals surface area contributed by atoms with Crippen molar-refractivity contribution in [3.8, 4) is 11.5 Å². The molecule has 1 amide bonds. The number of likely N-dealkylation sites (tertiary alicyclic amines) is 1. The number of fused-ring (bicyclic) bond motifs is 1. The van der Waals surface area contributed by atoms with Crippen LogP contribution in [0.4, 0.5) is 5.69 Å². The van der Waals surface area contributed by atoms with Gasteiger partial charge in [-0.05, 0) is 72.1 Å². The number of carbonyl (C=O) groups is 2. The highest BCUT2D eigenvalue weighted by molar-refractivity contribution is 5.94. The minimum Gasteiger partial charge on any atom is -0.481 e. The Balaban J connectivity index is 1.50. The normalized spacial score (nSPS) is 19.7. The largest absolute Gasteiger partial charge is 0.481 e. The van der Waals surface area contributed by atoms with Gasteiger partial charge in [0, 0.05) is 24.2 Å². The Kier molecular flexibility index (Phi) is 9.17. The standard InChI is InChI=1S/C35H42N2O5/c1-5-8-10-23-13-15-26(16-14-23)33-31(35(39)40)28(27-17-18-29-34(22(27)4)42-21-41-29)19-37(33)20-30(38)36-32-24(6-2)11-9-12-25(32)7-3/h9,11-18,28,31,33H,5-8,10,19-21H2,1-4H3,(H,36,38)(H,39,40)/t28-,31?,33+/m1/s1. The van der Waals surface area contributed by atoms with E-state index in [1.54, 1.807) is 0 Å². The molecule has 1 fully saturated rings. The Bertz CT molecular complexity index is 1410. The molecule has 7 heteroatoms. The van der Waals surface area contributed by atoms with Crippen molar-refractivity contribution in [1.82, 2.24) is 4.90 Å². The lowest BCUT2D eigenvalue weighted by Crippen LogP contribution is -2.35. The van der Waals surface area contributed by atoms with Crippen LogP contribution in [-0.4, -0.2) is 41.8 Å². The summed E-state index contributed by atoms with van der Waals surface area (Å²) in [7, 11) is 0. The van der Waals surface area contributed by atoms with Crippen molar-refractivity contribution in [2.75, 3.05) is 25.2 Å². The number of nitrogens with zero attached hydrogens (tertiary/aromatic N) is 1. The summed E-state index contributed by atoms with van der Waals surface area (Å²) >= 11 is 0. The number of carboxylic acids is 1. The molecule has 7 nitrogen and oxygen atoms in total. The van der Waals surface area contributed by atoms with Gasteiger partial charge in [0.2, 0.25) is 12.7 Å². The summed E-state index contributed by atoms with van der Waals surface area (Å²) in [5, 5.41) is 13.9. The Hall–Kier alpha value is -3.84. The first-order valence-corrected chi connectivity index (χ1v) is 15.2. The summed E-state index contributed by atoms with van der Waals surface area (Å²) in [6.45, 7) is 8.99. The van der Waals surface area contributed by atoms with E-state index in [4.69, 9.17) is 9.47 Å². The van der Waals surface area contributed by atoms with Gasteiger partial charge in [-0.2, -0.15) is 0 Å². The number of ether oxygens (including phenoxy) is 2. The summed E-state index contributed by atoms with van der Waals surface area (Å²) in [6, 6.07) is 17.8. The first kappa shape index (κ1) is 29.6. The van der Waals surface area contributed by atoms with E-state index < -0.39 is 17.9 Å². The second-order valence-electron chi connectivity index (χ2n) is 11.4. The molecule has 3 aromatic rings. The number of carbonyl (C=O) groups excluding carboxylic acids is 1. The number of carboxylic acid groups (broad SMARTS) is 1. The van der Waals surface area contributed by atoms with E-state index in [1.807, 2.05) is 54.3 Å². The van der Waals surface area contributed by atoms with E-state index in [1.165, 1.54) is 5.56 Å². The fraction of sp³-hybridized carbons (Fsp3) is 0.429. The molecule has 0 radical (unpaired) electrons. The van der Waals surface area contributed by atoms with Crippen LogP contribution in [0.2, 0.25) is 0 Å². The van der Waals surface area contributed by atoms with E-state index in [2.05, 4.69) is 38.2 Å². The van der Waals surface area contributed by atoms with Crippen molar-refractivity contribution < 1.29 is 24.2 Å². The molecule has 0 bridgehead atoms. The third-order valence-electron chi connectivity index (χ3n) is 8.86. The maximum atomic E-state index is 13.7. The highest BCUT2D eigenvalue weighted by Gasteiger charge is 2.48. The third-order valence-corrected chi connectivity index (χ3v) is 8.86. The van der Waals surface area contributed by atoms with Crippen LogP contribution in [0.1, 0.15) is 79.0 Å². The lowest BCUT2D eigenvalue weighted by atomic mass is 9.81. The second-order valence-corrected chi connectivity index (χ2v) is 11.4. The zero-order valence-electron chi connectivity index (χ0n) is 25.1. The maximum Gasteiger partial charge on any atom is 0.309 e. The number of hydrogen-bond donors (Lipinski definition) is 2. The van der Waals surface area contributed by atoms with E-state index in [0.29, 0.717) is 18.0 Å². The van der Waals surface area contributed by atoms with Gasteiger partial charge in [0.1, 0.15) is 0 Å². The molecule has 0 aliphatic carbocycles. The van der Waals surface area contributed by atoms with Gasteiger partial charge in [-0.1, -0.05) is 75.7 Å². The highest BCUT2D eigenvalue weighted by Crippen LogP contribution is 2.49. The Labute approximate surface area is 248 Å². The molecule has 3 atom stereocenters. The second kappa shape index (κ2) is 13.0. The molecule has 0 aromatic heterocycles. The predicted molar refractivity (Wildman–Crippen MR) is 164 cm³/mol. The number of nitrogens with one attached hydrogen (secondary N) is 1. The number of para-hydroxylation sites is 1. The van der Waals surface area contributed by atoms with Gasteiger partial charge in [0.25, 0.3) is 0 Å². The SMILES string of the molecule is CCCCc1ccc([C@H]2C(C(=O)O)[C@@H](c3ccc4c(c3C)OCO4)CN2CC(=O)Nc2c(CC)cccc2CC)cc1. The van der Waals surface area contributed by atoms with Gasteiger partial charge in [-0.3, -0.25) is 14.5 Å². The molecule has 1 saturated heterocycles. The van der Waals surface area contributed by atoms with E-state index in [9.17, 15) is 14.7 Å². The molecular formula is C35H42N2O5. The molecule has 42 heavy (non-hydrogen) atoms. The summed E-state index contributed by atoms with van der Waals surface area (Å²) in [5.41, 5.74) is 7.04. The summed E-state index contributed by atoms with van der Waals surface area (Å²) in [5.74, 6) is -0.728.